The molecule has 0 aliphatic carbocycles. The summed E-state index contributed by atoms with van der Waals surface area (Å²) in [6.45, 7) is -0.136. The van der Waals surface area contributed by atoms with Gasteiger partial charge in [-0.05, 0) is 24.1 Å². The normalized spacial score (nSPS) is 11.2. The molecule has 0 aliphatic rings. The molecule has 1 rings (SSSR count). The number of carbonyl (C=O) groups excluding carboxylic acids is 1. The molecule has 8 heteroatoms. The van der Waals surface area contributed by atoms with Gasteiger partial charge in [0.1, 0.15) is 5.75 Å². The molecule has 1 aromatic carbocycles. The first kappa shape index (κ1) is 15.6. The molecule has 1 amide bonds. The molecular weight excluding hydrogens is 329 g/mol. The number of nitrogens with one attached hydrogen (secondary N) is 1. The SMILES string of the molecule is COc1cc(Br)c(CCNC(=O)C(F)(F)F)cc1N. The van der Waals surface area contributed by atoms with Gasteiger partial charge in [0.15, 0.2) is 0 Å². The molecule has 0 saturated heterocycles. The predicted octanol–water partition coefficient (Wildman–Crippen LogP) is 2.26. The summed E-state index contributed by atoms with van der Waals surface area (Å²) in [5.41, 5.74) is 6.75. The van der Waals surface area contributed by atoms with Crippen molar-refractivity contribution in [2.45, 2.75) is 12.6 Å². The molecule has 0 atom stereocenters. The molecule has 0 heterocycles. The van der Waals surface area contributed by atoms with Gasteiger partial charge in [-0.3, -0.25) is 4.79 Å². The van der Waals surface area contributed by atoms with E-state index in [1.165, 1.54) is 7.11 Å². The summed E-state index contributed by atoms with van der Waals surface area (Å²) in [6.07, 6.45) is -4.65. The molecule has 4 nitrogen and oxygen atoms in total. The quantitative estimate of drug-likeness (QED) is 0.826. The van der Waals surface area contributed by atoms with Gasteiger partial charge >= 0.3 is 12.1 Å². The van der Waals surface area contributed by atoms with Gasteiger partial charge in [-0.2, -0.15) is 13.2 Å². The first-order valence-corrected chi connectivity index (χ1v) is 6.02. The van der Waals surface area contributed by atoms with Gasteiger partial charge in [0.05, 0.1) is 12.8 Å². The number of benzene rings is 1. The molecule has 106 valence electrons. The van der Waals surface area contributed by atoms with Crippen molar-refractivity contribution in [2.24, 2.45) is 0 Å². The Morgan fingerprint density at radius 1 is 1.47 bits per heavy atom. The number of amides is 1. The third-order valence-corrected chi connectivity index (χ3v) is 3.07. The molecule has 1 aromatic rings. The number of anilines is 1. The maximum absolute atomic E-state index is 12.0. The summed E-state index contributed by atoms with van der Waals surface area (Å²) >= 11 is 3.26. The molecule has 0 aliphatic heterocycles. The van der Waals surface area contributed by atoms with Crippen molar-refractivity contribution in [1.82, 2.24) is 5.32 Å². The first-order valence-electron chi connectivity index (χ1n) is 5.22. The molecule has 0 fully saturated rings. The maximum atomic E-state index is 12.0. The molecular formula is C11H12BrF3N2O2. The third-order valence-electron chi connectivity index (χ3n) is 2.34. The van der Waals surface area contributed by atoms with Crippen LogP contribution in [-0.4, -0.2) is 25.7 Å². The Kier molecular flexibility index (Phi) is 5.04. The summed E-state index contributed by atoms with van der Waals surface area (Å²) in [7, 11) is 1.46. The maximum Gasteiger partial charge on any atom is 0.471 e. The average molecular weight is 341 g/mol. The van der Waals surface area contributed by atoms with E-state index in [0.717, 1.165) is 0 Å². The Balaban J connectivity index is 2.64. The summed E-state index contributed by atoms with van der Waals surface area (Å²) in [5.74, 6) is -1.49. The van der Waals surface area contributed by atoms with Crippen LogP contribution in [0.5, 0.6) is 5.75 Å². The minimum absolute atomic E-state index is 0.136. The summed E-state index contributed by atoms with van der Waals surface area (Å²) in [5, 5.41) is 1.79. The number of methoxy groups -OCH3 is 1. The standard InChI is InChI=1S/C11H12BrF3N2O2/c1-19-9-5-7(12)6(4-8(9)16)2-3-17-10(18)11(13,14)15/h4-5H,2-3,16H2,1H3,(H,17,18). The second kappa shape index (κ2) is 6.14. The topological polar surface area (TPSA) is 64.3 Å². The van der Waals surface area contributed by atoms with Crippen LogP contribution >= 0.6 is 15.9 Å². The molecule has 3 N–H and O–H groups in total. The van der Waals surface area contributed by atoms with E-state index in [9.17, 15) is 18.0 Å². The van der Waals surface area contributed by atoms with E-state index < -0.39 is 12.1 Å². The van der Waals surface area contributed by atoms with Crippen LogP contribution in [-0.2, 0) is 11.2 Å². The van der Waals surface area contributed by atoms with Crippen molar-refractivity contribution in [2.75, 3.05) is 19.4 Å². The Hall–Kier alpha value is -1.44. The lowest BCUT2D eigenvalue weighted by atomic mass is 10.1. The van der Waals surface area contributed by atoms with Crippen LogP contribution < -0.4 is 15.8 Å². The number of nitrogens with two attached hydrogens (primary N) is 1. The third kappa shape index (κ3) is 4.30. The van der Waals surface area contributed by atoms with Gasteiger partial charge in [-0.1, -0.05) is 15.9 Å². The van der Waals surface area contributed by atoms with Crippen molar-refractivity contribution >= 4 is 27.5 Å². The van der Waals surface area contributed by atoms with Crippen LogP contribution in [0.25, 0.3) is 0 Å². The number of hydrogen-bond acceptors (Lipinski definition) is 3. The molecule has 0 spiro atoms. The second-order valence-corrected chi connectivity index (χ2v) is 4.54. The number of hydrogen-bond donors (Lipinski definition) is 2. The largest absolute Gasteiger partial charge is 0.495 e. The number of alkyl halides is 3. The monoisotopic (exact) mass is 340 g/mol. The van der Waals surface area contributed by atoms with E-state index in [4.69, 9.17) is 10.5 Å². The highest BCUT2D eigenvalue weighted by molar-refractivity contribution is 9.10. The molecule has 0 aromatic heterocycles. The molecule has 0 bridgehead atoms. The second-order valence-electron chi connectivity index (χ2n) is 3.69. The lowest BCUT2D eigenvalue weighted by molar-refractivity contribution is -0.173. The fraction of sp³-hybridized carbons (Fsp3) is 0.364. The number of ether oxygens (including phenoxy) is 1. The van der Waals surface area contributed by atoms with Crippen LogP contribution in [0.3, 0.4) is 0 Å². The fourth-order valence-electron chi connectivity index (χ4n) is 1.40. The zero-order valence-corrected chi connectivity index (χ0v) is 11.6. The predicted molar refractivity (Wildman–Crippen MR) is 67.9 cm³/mol. The zero-order valence-electron chi connectivity index (χ0n) is 9.97. The minimum Gasteiger partial charge on any atom is -0.495 e. The van der Waals surface area contributed by atoms with E-state index >= 15 is 0 Å². The summed E-state index contributed by atoms with van der Waals surface area (Å²) < 4.78 is 41.5. The Bertz CT molecular complexity index is 478. The van der Waals surface area contributed by atoms with E-state index in [-0.39, 0.29) is 13.0 Å². The van der Waals surface area contributed by atoms with Crippen molar-refractivity contribution in [3.8, 4) is 5.75 Å². The minimum atomic E-state index is -4.86. The number of halogens is 4. The van der Waals surface area contributed by atoms with Crippen LogP contribution in [0.1, 0.15) is 5.56 Å². The lowest BCUT2D eigenvalue weighted by Gasteiger charge is -2.11. The van der Waals surface area contributed by atoms with Crippen LogP contribution in [0.15, 0.2) is 16.6 Å². The highest BCUT2D eigenvalue weighted by atomic mass is 79.9. The van der Waals surface area contributed by atoms with Crippen molar-refractivity contribution in [3.63, 3.8) is 0 Å². The summed E-state index contributed by atoms with van der Waals surface area (Å²) in [6, 6.07) is 3.21. The van der Waals surface area contributed by atoms with Gasteiger partial charge < -0.3 is 15.8 Å². The van der Waals surface area contributed by atoms with Gasteiger partial charge in [-0.25, -0.2) is 0 Å². The Labute approximate surface area is 116 Å². The van der Waals surface area contributed by atoms with Gasteiger partial charge in [-0.15, -0.1) is 0 Å². The fourth-order valence-corrected chi connectivity index (χ4v) is 1.92. The molecule has 0 unspecified atom stereocenters. The number of carbonyl (C=O) groups is 1. The molecule has 0 radical (unpaired) electrons. The van der Waals surface area contributed by atoms with Crippen LogP contribution in [0.4, 0.5) is 18.9 Å². The molecule has 0 saturated carbocycles. The van der Waals surface area contributed by atoms with Gasteiger partial charge in [0.25, 0.3) is 0 Å². The van der Waals surface area contributed by atoms with Gasteiger partial charge in [0, 0.05) is 11.0 Å². The average Bonchev–Trinajstić information content (AvgIpc) is 2.31. The van der Waals surface area contributed by atoms with Crippen molar-refractivity contribution < 1.29 is 22.7 Å². The van der Waals surface area contributed by atoms with Crippen LogP contribution in [0, 0.1) is 0 Å². The van der Waals surface area contributed by atoms with Crippen LogP contribution in [0.2, 0.25) is 0 Å². The van der Waals surface area contributed by atoms with Crippen molar-refractivity contribution in [1.29, 1.82) is 0 Å². The molecule has 19 heavy (non-hydrogen) atoms. The zero-order chi connectivity index (χ0) is 14.6. The van der Waals surface area contributed by atoms with E-state index in [1.54, 1.807) is 17.4 Å². The highest BCUT2D eigenvalue weighted by Crippen LogP contribution is 2.29. The van der Waals surface area contributed by atoms with Crippen molar-refractivity contribution in [3.05, 3.63) is 22.2 Å². The summed E-state index contributed by atoms with van der Waals surface area (Å²) in [4.78, 5) is 10.6. The smallest absolute Gasteiger partial charge is 0.471 e. The first-order chi connectivity index (χ1) is 8.75. The van der Waals surface area contributed by atoms with E-state index in [1.807, 2.05) is 0 Å². The lowest BCUT2D eigenvalue weighted by Crippen LogP contribution is -2.37. The highest BCUT2D eigenvalue weighted by Gasteiger charge is 2.38. The number of nitrogen functional groups attached to an aromatic ring is 1. The van der Waals surface area contributed by atoms with E-state index in [0.29, 0.717) is 21.5 Å². The number of rotatable bonds is 4. The Morgan fingerprint density at radius 2 is 2.11 bits per heavy atom. The Morgan fingerprint density at radius 3 is 2.63 bits per heavy atom. The van der Waals surface area contributed by atoms with E-state index in [2.05, 4.69) is 15.9 Å². The van der Waals surface area contributed by atoms with Gasteiger partial charge in [0.2, 0.25) is 0 Å².